The first-order valence-corrected chi connectivity index (χ1v) is 6.85. The van der Waals surface area contributed by atoms with E-state index < -0.39 is 0 Å². The number of benzene rings is 1. The van der Waals surface area contributed by atoms with Gasteiger partial charge in [0, 0.05) is 46.1 Å². The van der Waals surface area contributed by atoms with Gasteiger partial charge >= 0.3 is 0 Å². The minimum absolute atomic E-state index is 0.904. The Morgan fingerprint density at radius 1 is 1.15 bits per heavy atom. The van der Waals surface area contributed by atoms with Gasteiger partial charge in [0.1, 0.15) is 11.7 Å². The van der Waals surface area contributed by atoms with E-state index in [9.17, 15) is 0 Å². The maximum atomic E-state index is 4.82. The van der Waals surface area contributed by atoms with E-state index in [-0.39, 0.29) is 0 Å². The summed E-state index contributed by atoms with van der Waals surface area (Å²) in [6.07, 6.45) is 0.904. The van der Waals surface area contributed by atoms with E-state index in [1.165, 1.54) is 0 Å². The smallest absolute Gasteiger partial charge is 0.130 e. The van der Waals surface area contributed by atoms with Gasteiger partial charge in [0.2, 0.25) is 0 Å². The number of aliphatic imine (C=N–C) groups is 1. The highest BCUT2D eigenvalue weighted by Crippen LogP contribution is 2.29. The number of pyridine rings is 1. The molecule has 1 aromatic carbocycles. The van der Waals surface area contributed by atoms with Gasteiger partial charge in [0.25, 0.3) is 0 Å². The van der Waals surface area contributed by atoms with Crippen molar-refractivity contribution in [3.05, 3.63) is 30.3 Å². The van der Waals surface area contributed by atoms with E-state index in [0.29, 0.717) is 0 Å². The highest BCUT2D eigenvalue weighted by atomic mass is 15.1. The fourth-order valence-electron chi connectivity index (χ4n) is 2.10. The van der Waals surface area contributed by atoms with Gasteiger partial charge in [0.15, 0.2) is 0 Å². The van der Waals surface area contributed by atoms with Gasteiger partial charge < -0.3 is 9.80 Å². The Balaban J connectivity index is 2.66. The number of nitrogens with zero attached hydrogens (tertiary/aromatic N) is 4. The van der Waals surface area contributed by atoms with Gasteiger partial charge in [-0.2, -0.15) is 0 Å². The molecule has 0 aliphatic heterocycles. The molecule has 1 heterocycles. The van der Waals surface area contributed by atoms with Crippen LogP contribution < -0.4 is 4.90 Å². The minimum atomic E-state index is 0.904. The molecule has 0 bridgehead atoms. The fraction of sp³-hybridized carbons (Fsp3) is 0.375. The number of fused-ring (bicyclic) bond motifs is 1. The Morgan fingerprint density at radius 2 is 1.85 bits per heavy atom. The molecule has 0 fully saturated rings. The van der Waals surface area contributed by atoms with Gasteiger partial charge in [-0.3, -0.25) is 0 Å². The topological polar surface area (TPSA) is 31.7 Å². The Bertz CT molecular complexity index is 629. The van der Waals surface area contributed by atoms with Crippen LogP contribution in [0.15, 0.2) is 35.3 Å². The van der Waals surface area contributed by atoms with Crippen molar-refractivity contribution in [1.29, 1.82) is 0 Å². The maximum Gasteiger partial charge on any atom is 0.130 e. The van der Waals surface area contributed by atoms with Crippen LogP contribution >= 0.6 is 0 Å². The van der Waals surface area contributed by atoms with Gasteiger partial charge in [-0.05, 0) is 6.07 Å². The first-order chi connectivity index (χ1) is 9.52. The van der Waals surface area contributed by atoms with E-state index in [2.05, 4.69) is 22.9 Å². The zero-order valence-electron chi connectivity index (χ0n) is 12.9. The summed E-state index contributed by atoms with van der Waals surface area (Å²) in [6.45, 7) is 2.12. The molecule has 2 aromatic rings. The lowest BCUT2D eigenvalue weighted by molar-refractivity contribution is 0.608. The van der Waals surface area contributed by atoms with Gasteiger partial charge in [-0.1, -0.05) is 25.1 Å². The van der Waals surface area contributed by atoms with Crippen molar-refractivity contribution in [1.82, 2.24) is 9.88 Å². The molecule has 4 nitrogen and oxygen atoms in total. The van der Waals surface area contributed by atoms with Gasteiger partial charge in [0.05, 0.1) is 11.2 Å². The maximum absolute atomic E-state index is 4.82. The summed E-state index contributed by atoms with van der Waals surface area (Å²) in [7, 11) is 8.05. The van der Waals surface area contributed by atoms with E-state index in [0.717, 1.165) is 34.7 Å². The first-order valence-electron chi connectivity index (χ1n) is 6.85. The number of rotatable bonds is 3. The molecule has 0 atom stereocenters. The zero-order chi connectivity index (χ0) is 14.7. The Labute approximate surface area is 120 Å². The molecular formula is C16H22N4. The molecule has 0 saturated carbocycles. The van der Waals surface area contributed by atoms with Crippen molar-refractivity contribution in [3.63, 3.8) is 0 Å². The van der Waals surface area contributed by atoms with Crippen LogP contribution in [0.25, 0.3) is 10.9 Å². The van der Waals surface area contributed by atoms with Crippen LogP contribution in [0, 0.1) is 0 Å². The normalized spacial score (nSPS) is 11.8. The van der Waals surface area contributed by atoms with Gasteiger partial charge in [-0.15, -0.1) is 0 Å². The predicted octanol–water partition coefficient (Wildman–Crippen LogP) is 3.30. The van der Waals surface area contributed by atoms with Crippen molar-refractivity contribution in [2.75, 3.05) is 33.1 Å². The summed E-state index contributed by atoms with van der Waals surface area (Å²) in [6, 6.07) is 10.2. The second kappa shape index (κ2) is 5.90. The number of hydrogen-bond donors (Lipinski definition) is 0. The molecule has 0 aliphatic carbocycles. The molecule has 0 spiro atoms. The first kappa shape index (κ1) is 14.3. The summed E-state index contributed by atoms with van der Waals surface area (Å²) in [5.74, 6) is 1.99. The monoisotopic (exact) mass is 270 g/mol. The zero-order valence-corrected chi connectivity index (χ0v) is 12.9. The van der Waals surface area contributed by atoms with Crippen molar-refractivity contribution < 1.29 is 0 Å². The number of aromatic nitrogens is 1. The van der Waals surface area contributed by atoms with Crippen LogP contribution in [0.2, 0.25) is 0 Å². The summed E-state index contributed by atoms with van der Waals surface area (Å²) in [5.41, 5.74) is 1.96. The third-order valence-corrected chi connectivity index (χ3v) is 3.22. The van der Waals surface area contributed by atoms with Crippen molar-refractivity contribution in [3.8, 4) is 0 Å². The van der Waals surface area contributed by atoms with Gasteiger partial charge in [-0.25, -0.2) is 9.98 Å². The molecule has 1 aromatic heterocycles. The summed E-state index contributed by atoms with van der Waals surface area (Å²) in [4.78, 5) is 13.5. The number of anilines is 1. The number of para-hydroxylation sites is 1. The van der Waals surface area contributed by atoms with Crippen LogP contribution in [0.5, 0.6) is 0 Å². The number of hydrogen-bond acceptors (Lipinski definition) is 3. The standard InChI is InChI=1S/C16H22N4/c1-6-15(19(2)3)18-14-11-16(20(4)5)17-13-10-8-7-9-12(13)14/h7-11H,6H2,1-5H3. The second-order valence-electron chi connectivity index (χ2n) is 5.19. The summed E-state index contributed by atoms with van der Waals surface area (Å²) >= 11 is 0. The number of amidine groups is 1. The quantitative estimate of drug-likeness (QED) is 0.633. The Morgan fingerprint density at radius 3 is 2.45 bits per heavy atom. The fourth-order valence-corrected chi connectivity index (χ4v) is 2.10. The molecular weight excluding hydrogens is 248 g/mol. The summed E-state index contributed by atoms with van der Waals surface area (Å²) < 4.78 is 0. The second-order valence-corrected chi connectivity index (χ2v) is 5.19. The lowest BCUT2D eigenvalue weighted by atomic mass is 10.2. The van der Waals surface area contributed by atoms with Crippen LogP contribution in [0.3, 0.4) is 0 Å². The third kappa shape index (κ3) is 2.90. The van der Waals surface area contributed by atoms with E-state index in [1.807, 2.05) is 57.4 Å². The molecule has 0 unspecified atom stereocenters. The van der Waals surface area contributed by atoms with Crippen LogP contribution in [-0.2, 0) is 0 Å². The Hall–Kier alpha value is -2.10. The highest BCUT2D eigenvalue weighted by Gasteiger charge is 2.08. The average Bonchev–Trinajstić information content (AvgIpc) is 2.43. The molecule has 20 heavy (non-hydrogen) atoms. The molecule has 106 valence electrons. The Kier molecular flexibility index (Phi) is 4.23. The van der Waals surface area contributed by atoms with Crippen LogP contribution in [0.1, 0.15) is 13.3 Å². The van der Waals surface area contributed by atoms with E-state index in [1.54, 1.807) is 0 Å². The lowest BCUT2D eigenvalue weighted by Crippen LogP contribution is -2.20. The molecule has 0 N–H and O–H groups in total. The molecule has 0 amide bonds. The van der Waals surface area contributed by atoms with E-state index in [4.69, 9.17) is 4.99 Å². The van der Waals surface area contributed by atoms with Crippen molar-refractivity contribution in [2.24, 2.45) is 4.99 Å². The SMILES string of the molecule is CCC(=Nc1cc(N(C)C)nc2ccccc12)N(C)C. The van der Waals surface area contributed by atoms with E-state index >= 15 is 0 Å². The van der Waals surface area contributed by atoms with Crippen LogP contribution in [-0.4, -0.2) is 43.9 Å². The third-order valence-electron chi connectivity index (χ3n) is 3.22. The lowest BCUT2D eigenvalue weighted by Gasteiger charge is -2.16. The van der Waals surface area contributed by atoms with Crippen LogP contribution in [0.4, 0.5) is 11.5 Å². The molecule has 2 rings (SSSR count). The molecule has 4 heteroatoms. The average molecular weight is 270 g/mol. The molecule has 0 radical (unpaired) electrons. The summed E-state index contributed by atoms with van der Waals surface area (Å²) in [5, 5.41) is 1.09. The minimum Gasteiger partial charge on any atom is -0.366 e. The predicted molar refractivity (Wildman–Crippen MR) is 87.1 cm³/mol. The van der Waals surface area contributed by atoms with Crippen molar-refractivity contribution >= 4 is 28.2 Å². The molecule has 0 aliphatic rings. The highest BCUT2D eigenvalue weighted by molar-refractivity contribution is 5.95. The van der Waals surface area contributed by atoms with Crippen molar-refractivity contribution in [2.45, 2.75) is 13.3 Å². The molecule has 0 saturated heterocycles. The largest absolute Gasteiger partial charge is 0.366 e.